The van der Waals surface area contributed by atoms with Crippen molar-refractivity contribution in [3.63, 3.8) is 0 Å². The van der Waals surface area contributed by atoms with Gasteiger partial charge in [0.2, 0.25) is 0 Å². The largest absolute Gasteiger partial charge is 0.447 e. The first-order valence-electron chi connectivity index (χ1n) is 3.81. The Bertz CT molecular complexity index is 168. The van der Waals surface area contributed by atoms with Gasteiger partial charge >= 0.3 is 0 Å². The van der Waals surface area contributed by atoms with Gasteiger partial charge in [-0.15, -0.1) is 0 Å². The van der Waals surface area contributed by atoms with E-state index >= 15 is 0 Å². The summed E-state index contributed by atoms with van der Waals surface area (Å²) in [6.45, 7) is 1.42. The first-order chi connectivity index (χ1) is 5.24. The first-order valence-corrected chi connectivity index (χ1v) is 4.44. The summed E-state index contributed by atoms with van der Waals surface area (Å²) in [5.74, 6) is 0.819. The molecule has 3 rings (SSSR count). The topological polar surface area (TPSA) is 18.5 Å². The molecule has 2 bridgehead atoms. The average Bonchev–Trinajstić information content (AvgIpc) is 2.43. The molecule has 2 aliphatic heterocycles. The number of thiol groups is 1. The molecule has 3 aliphatic rings. The van der Waals surface area contributed by atoms with Crippen molar-refractivity contribution < 1.29 is 9.39 Å². The second kappa shape index (κ2) is 2.41. The standard InChI is InChI=1S/C7H11BO2S/c8-10-4-6-1-7(2-6,5-11)9-3-6/h11H,1-5H2. The summed E-state index contributed by atoms with van der Waals surface area (Å²) in [4.78, 5) is 0. The molecular weight excluding hydrogens is 159 g/mol. The highest BCUT2D eigenvalue weighted by atomic mass is 32.1. The fraction of sp³-hybridized carbons (Fsp3) is 1.00. The van der Waals surface area contributed by atoms with Crippen LogP contribution in [0.4, 0.5) is 0 Å². The van der Waals surface area contributed by atoms with Crippen LogP contribution in [-0.2, 0) is 9.39 Å². The van der Waals surface area contributed by atoms with Crippen molar-refractivity contribution in [3.8, 4) is 0 Å². The highest BCUT2D eigenvalue weighted by molar-refractivity contribution is 7.80. The van der Waals surface area contributed by atoms with Gasteiger partial charge in [0.05, 0.1) is 12.2 Å². The molecule has 0 N–H and O–H groups in total. The molecule has 60 valence electrons. The van der Waals surface area contributed by atoms with Crippen LogP contribution in [0.15, 0.2) is 0 Å². The van der Waals surface area contributed by atoms with Crippen LogP contribution in [0.5, 0.6) is 0 Å². The fourth-order valence-electron chi connectivity index (χ4n) is 2.30. The van der Waals surface area contributed by atoms with Crippen molar-refractivity contribution in [1.29, 1.82) is 0 Å². The molecule has 0 spiro atoms. The molecule has 0 amide bonds. The van der Waals surface area contributed by atoms with Gasteiger partial charge in [-0.1, -0.05) is 0 Å². The lowest BCUT2D eigenvalue weighted by Gasteiger charge is -2.43. The lowest BCUT2D eigenvalue weighted by Crippen LogP contribution is -2.47. The van der Waals surface area contributed by atoms with Crippen LogP contribution in [0, 0.1) is 5.41 Å². The van der Waals surface area contributed by atoms with E-state index in [0.29, 0.717) is 6.61 Å². The second-order valence-electron chi connectivity index (χ2n) is 3.79. The maximum absolute atomic E-state index is 5.61. The lowest BCUT2D eigenvalue weighted by atomic mass is 9.63. The van der Waals surface area contributed by atoms with Gasteiger partial charge in [-0.25, -0.2) is 0 Å². The van der Waals surface area contributed by atoms with Crippen LogP contribution in [0.2, 0.25) is 0 Å². The molecule has 2 radical (unpaired) electrons. The minimum atomic E-state index is 0.0711. The third-order valence-electron chi connectivity index (χ3n) is 2.76. The molecule has 1 saturated carbocycles. The SMILES string of the molecule is [B]OCC12COC(CS)(C1)C2. The molecule has 4 heteroatoms. The predicted octanol–water partition coefficient (Wildman–Crippen LogP) is 0.565. The average molecular weight is 170 g/mol. The Hall–Kier alpha value is 0.335. The molecule has 0 aromatic heterocycles. The van der Waals surface area contributed by atoms with Gasteiger partial charge in [0.25, 0.3) is 8.05 Å². The van der Waals surface area contributed by atoms with E-state index in [2.05, 4.69) is 17.3 Å². The maximum Gasteiger partial charge on any atom is 0.282 e. The molecule has 0 unspecified atom stereocenters. The van der Waals surface area contributed by atoms with E-state index in [9.17, 15) is 0 Å². The van der Waals surface area contributed by atoms with Gasteiger partial charge in [0.1, 0.15) is 0 Å². The van der Waals surface area contributed by atoms with Crippen LogP contribution in [-0.4, -0.2) is 32.6 Å². The quantitative estimate of drug-likeness (QED) is 0.493. The molecule has 2 saturated heterocycles. The van der Waals surface area contributed by atoms with E-state index < -0.39 is 0 Å². The van der Waals surface area contributed by atoms with Crippen LogP contribution >= 0.6 is 12.6 Å². The monoisotopic (exact) mass is 170 g/mol. The highest BCUT2D eigenvalue weighted by Crippen LogP contribution is 2.58. The molecule has 2 heterocycles. The van der Waals surface area contributed by atoms with E-state index in [1.807, 2.05) is 0 Å². The molecule has 0 aromatic carbocycles. The molecule has 3 fully saturated rings. The number of hydrogen-bond acceptors (Lipinski definition) is 3. The minimum Gasteiger partial charge on any atom is -0.447 e. The zero-order valence-corrected chi connectivity index (χ0v) is 7.27. The smallest absolute Gasteiger partial charge is 0.282 e. The summed E-state index contributed by atoms with van der Waals surface area (Å²) in [5.41, 5.74) is 0.305. The van der Waals surface area contributed by atoms with E-state index in [-0.39, 0.29) is 11.0 Å². The van der Waals surface area contributed by atoms with E-state index in [1.54, 1.807) is 0 Å². The summed E-state index contributed by atoms with van der Waals surface area (Å²) >= 11 is 4.25. The normalized spacial score (nSPS) is 47.4. The molecule has 11 heavy (non-hydrogen) atoms. The van der Waals surface area contributed by atoms with Crippen molar-refractivity contribution in [2.24, 2.45) is 5.41 Å². The molecular formula is C7H11BO2S. The number of rotatable bonds is 3. The number of ether oxygens (including phenoxy) is 1. The summed E-state index contributed by atoms with van der Waals surface area (Å²) in [5, 5.41) is 0. The van der Waals surface area contributed by atoms with E-state index in [1.165, 1.54) is 0 Å². The third-order valence-corrected chi connectivity index (χ3v) is 3.33. The Kier molecular flexibility index (Phi) is 1.74. The van der Waals surface area contributed by atoms with Gasteiger partial charge < -0.3 is 9.39 Å². The minimum absolute atomic E-state index is 0.0711. The Morgan fingerprint density at radius 1 is 1.55 bits per heavy atom. The summed E-state index contributed by atoms with van der Waals surface area (Å²) in [7, 11) is 5.03. The van der Waals surface area contributed by atoms with Crippen LogP contribution in [0.25, 0.3) is 0 Å². The van der Waals surface area contributed by atoms with Crippen molar-refractivity contribution in [1.82, 2.24) is 0 Å². The predicted molar refractivity (Wildman–Crippen MR) is 45.9 cm³/mol. The van der Waals surface area contributed by atoms with Crippen LogP contribution < -0.4 is 0 Å². The molecule has 0 aromatic rings. The summed E-state index contributed by atoms with van der Waals surface area (Å²) in [6.07, 6.45) is 2.14. The molecule has 1 aliphatic carbocycles. The fourth-order valence-corrected chi connectivity index (χ4v) is 2.62. The molecule has 0 atom stereocenters. The van der Waals surface area contributed by atoms with Crippen LogP contribution in [0.1, 0.15) is 12.8 Å². The van der Waals surface area contributed by atoms with Crippen molar-refractivity contribution >= 4 is 20.7 Å². The van der Waals surface area contributed by atoms with Crippen molar-refractivity contribution in [3.05, 3.63) is 0 Å². The third kappa shape index (κ3) is 1.04. The van der Waals surface area contributed by atoms with Crippen molar-refractivity contribution in [2.75, 3.05) is 19.0 Å². The van der Waals surface area contributed by atoms with E-state index in [0.717, 1.165) is 25.2 Å². The van der Waals surface area contributed by atoms with Gasteiger partial charge in [0.15, 0.2) is 0 Å². The Morgan fingerprint density at radius 2 is 2.27 bits per heavy atom. The second-order valence-corrected chi connectivity index (χ2v) is 4.11. The Balaban J connectivity index is 1.97. The highest BCUT2D eigenvalue weighted by Gasteiger charge is 2.61. The van der Waals surface area contributed by atoms with E-state index in [4.69, 9.17) is 12.8 Å². The number of fused-ring (bicyclic) bond motifs is 1. The van der Waals surface area contributed by atoms with Gasteiger partial charge in [0, 0.05) is 17.8 Å². The summed E-state index contributed by atoms with van der Waals surface area (Å²) < 4.78 is 10.3. The molecule has 2 nitrogen and oxygen atoms in total. The Labute approximate surface area is 73.5 Å². The maximum atomic E-state index is 5.61. The van der Waals surface area contributed by atoms with Gasteiger partial charge in [-0.2, -0.15) is 12.6 Å². The van der Waals surface area contributed by atoms with Crippen molar-refractivity contribution in [2.45, 2.75) is 18.4 Å². The zero-order chi connectivity index (χ0) is 7.95. The Morgan fingerprint density at radius 3 is 2.73 bits per heavy atom. The zero-order valence-electron chi connectivity index (χ0n) is 6.38. The van der Waals surface area contributed by atoms with Gasteiger partial charge in [-0.3, -0.25) is 0 Å². The van der Waals surface area contributed by atoms with Crippen LogP contribution in [0.3, 0.4) is 0 Å². The number of hydrogen-bond donors (Lipinski definition) is 1. The lowest BCUT2D eigenvalue weighted by molar-refractivity contribution is -0.00280. The van der Waals surface area contributed by atoms with Gasteiger partial charge in [-0.05, 0) is 12.8 Å². The summed E-state index contributed by atoms with van der Waals surface area (Å²) in [6, 6.07) is 0. The first kappa shape index (κ1) is 7.96.